The normalized spacial score (nSPS) is 12.7. The van der Waals surface area contributed by atoms with E-state index >= 15 is 0 Å². The fraction of sp³-hybridized carbons (Fsp3) is 0.538. The van der Waals surface area contributed by atoms with E-state index in [4.69, 9.17) is 9.47 Å². The number of methoxy groups -OCH3 is 1. The van der Waals surface area contributed by atoms with E-state index in [2.05, 4.69) is 5.32 Å². The van der Waals surface area contributed by atoms with Crippen molar-refractivity contribution in [2.75, 3.05) is 34.0 Å². The molecule has 1 N–H and O–H groups in total. The Bertz CT molecular complexity index is 341. The molecule has 0 aliphatic rings. The smallest absolute Gasteiger partial charge is 0.130 e. The van der Waals surface area contributed by atoms with Gasteiger partial charge in [-0.25, -0.2) is 8.78 Å². The maximum absolute atomic E-state index is 13.6. The molecule has 0 amide bonds. The molecule has 0 aliphatic carbocycles. The third-order valence-electron chi connectivity index (χ3n) is 2.68. The van der Waals surface area contributed by atoms with Crippen LogP contribution in [0.2, 0.25) is 0 Å². The minimum absolute atomic E-state index is 0.0651. The number of nitrogens with one attached hydrogen (secondary N) is 1. The Kier molecular flexibility index (Phi) is 6.78. The molecule has 0 saturated heterocycles. The van der Waals surface area contributed by atoms with Crippen LogP contribution in [0.15, 0.2) is 18.2 Å². The van der Waals surface area contributed by atoms with E-state index in [1.807, 2.05) is 0 Å². The van der Waals surface area contributed by atoms with Gasteiger partial charge in [-0.05, 0) is 25.6 Å². The van der Waals surface area contributed by atoms with Gasteiger partial charge >= 0.3 is 0 Å². The lowest BCUT2D eigenvalue weighted by Gasteiger charge is -2.18. The van der Waals surface area contributed by atoms with Crippen LogP contribution >= 0.6 is 0 Å². The Morgan fingerprint density at radius 1 is 1.17 bits per heavy atom. The van der Waals surface area contributed by atoms with Crippen molar-refractivity contribution < 1.29 is 18.3 Å². The fourth-order valence-corrected chi connectivity index (χ4v) is 1.72. The summed E-state index contributed by atoms with van der Waals surface area (Å²) in [6, 6.07) is 3.48. The second-order valence-corrected chi connectivity index (χ2v) is 3.87. The Labute approximate surface area is 106 Å². The van der Waals surface area contributed by atoms with Crippen LogP contribution < -0.4 is 5.32 Å². The molecule has 18 heavy (non-hydrogen) atoms. The minimum atomic E-state index is -0.536. The monoisotopic (exact) mass is 259 g/mol. The summed E-state index contributed by atoms with van der Waals surface area (Å²) in [5.74, 6) is -1.07. The van der Waals surface area contributed by atoms with Crippen LogP contribution in [0.3, 0.4) is 0 Å². The van der Waals surface area contributed by atoms with Crippen molar-refractivity contribution >= 4 is 0 Å². The highest BCUT2D eigenvalue weighted by molar-refractivity contribution is 5.23. The lowest BCUT2D eigenvalue weighted by Crippen LogP contribution is -2.21. The summed E-state index contributed by atoms with van der Waals surface area (Å²) in [6.07, 6.45) is 0.498. The standard InChI is InChI=1S/C13H19F2NO2/c1-16-12(6-7-18-9-8-17-2)13-10(14)4-3-5-11(13)15/h3-5,12,16H,6-9H2,1-2H3. The summed E-state index contributed by atoms with van der Waals surface area (Å²) < 4.78 is 37.3. The van der Waals surface area contributed by atoms with Crippen molar-refractivity contribution in [3.05, 3.63) is 35.4 Å². The molecule has 0 aliphatic heterocycles. The van der Waals surface area contributed by atoms with Crippen molar-refractivity contribution in [1.29, 1.82) is 0 Å². The van der Waals surface area contributed by atoms with E-state index < -0.39 is 17.7 Å². The van der Waals surface area contributed by atoms with Gasteiger partial charge in [-0.2, -0.15) is 0 Å². The lowest BCUT2D eigenvalue weighted by atomic mass is 10.0. The van der Waals surface area contributed by atoms with Crippen LogP contribution in [0, 0.1) is 11.6 Å². The van der Waals surface area contributed by atoms with E-state index in [9.17, 15) is 8.78 Å². The molecule has 1 unspecified atom stereocenters. The zero-order valence-electron chi connectivity index (χ0n) is 10.7. The van der Waals surface area contributed by atoms with Crippen LogP contribution in [0.25, 0.3) is 0 Å². The molecule has 0 radical (unpaired) electrons. The number of rotatable bonds is 8. The average molecular weight is 259 g/mol. The van der Waals surface area contributed by atoms with Crippen LogP contribution in [0.5, 0.6) is 0 Å². The average Bonchev–Trinajstić information content (AvgIpc) is 2.36. The van der Waals surface area contributed by atoms with Gasteiger partial charge in [-0.1, -0.05) is 6.07 Å². The Balaban J connectivity index is 2.55. The van der Waals surface area contributed by atoms with Crippen molar-refractivity contribution in [2.45, 2.75) is 12.5 Å². The molecular weight excluding hydrogens is 240 g/mol. The predicted octanol–water partition coefficient (Wildman–Crippen LogP) is 2.28. The van der Waals surface area contributed by atoms with Crippen LogP contribution in [0.4, 0.5) is 8.78 Å². The van der Waals surface area contributed by atoms with Crippen LogP contribution in [-0.2, 0) is 9.47 Å². The van der Waals surface area contributed by atoms with Gasteiger partial charge in [-0.3, -0.25) is 0 Å². The summed E-state index contributed by atoms with van der Waals surface area (Å²) in [4.78, 5) is 0. The first-order valence-corrected chi connectivity index (χ1v) is 5.88. The molecule has 3 nitrogen and oxygen atoms in total. The van der Waals surface area contributed by atoms with Gasteiger partial charge in [0.05, 0.1) is 13.2 Å². The van der Waals surface area contributed by atoms with E-state index in [0.717, 1.165) is 0 Å². The highest BCUT2D eigenvalue weighted by Gasteiger charge is 2.18. The molecule has 0 fully saturated rings. The molecule has 0 heterocycles. The third kappa shape index (κ3) is 4.33. The first-order valence-electron chi connectivity index (χ1n) is 5.88. The van der Waals surface area contributed by atoms with Gasteiger partial charge in [0.15, 0.2) is 0 Å². The van der Waals surface area contributed by atoms with Gasteiger partial charge < -0.3 is 14.8 Å². The molecule has 0 bridgehead atoms. The van der Waals surface area contributed by atoms with Gasteiger partial charge in [0, 0.05) is 25.3 Å². The molecule has 5 heteroatoms. The Hall–Kier alpha value is -1.04. The second-order valence-electron chi connectivity index (χ2n) is 3.87. The number of benzene rings is 1. The van der Waals surface area contributed by atoms with E-state index in [1.165, 1.54) is 18.2 Å². The molecule has 1 aromatic rings. The number of hydrogen-bond acceptors (Lipinski definition) is 3. The van der Waals surface area contributed by atoms with Crippen molar-refractivity contribution in [2.24, 2.45) is 0 Å². The van der Waals surface area contributed by atoms with Crippen LogP contribution in [0.1, 0.15) is 18.0 Å². The predicted molar refractivity (Wildman–Crippen MR) is 65.5 cm³/mol. The number of hydrogen-bond donors (Lipinski definition) is 1. The summed E-state index contributed by atoms with van der Waals surface area (Å²) in [5.41, 5.74) is 0.0651. The van der Waals surface area contributed by atoms with Gasteiger partial charge in [0.2, 0.25) is 0 Å². The topological polar surface area (TPSA) is 30.5 Å². The molecule has 0 aromatic heterocycles. The minimum Gasteiger partial charge on any atom is -0.382 e. The Morgan fingerprint density at radius 2 is 1.83 bits per heavy atom. The molecule has 1 atom stereocenters. The fourth-order valence-electron chi connectivity index (χ4n) is 1.72. The van der Waals surface area contributed by atoms with Gasteiger partial charge in [-0.15, -0.1) is 0 Å². The maximum Gasteiger partial charge on any atom is 0.130 e. The molecule has 1 aromatic carbocycles. The van der Waals surface area contributed by atoms with Crippen molar-refractivity contribution in [1.82, 2.24) is 5.32 Å². The SMILES string of the molecule is CNC(CCOCCOC)c1c(F)cccc1F. The molecule has 102 valence electrons. The van der Waals surface area contributed by atoms with Crippen LogP contribution in [-0.4, -0.2) is 34.0 Å². The third-order valence-corrected chi connectivity index (χ3v) is 2.68. The molecule has 0 spiro atoms. The van der Waals surface area contributed by atoms with E-state index in [1.54, 1.807) is 14.2 Å². The number of halogens is 2. The van der Waals surface area contributed by atoms with Crippen molar-refractivity contribution in [3.8, 4) is 0 Å². The van der Waals surface area contributed by atoms with Gasteiger partial charge in [0.25, 0.3) is 0 Å². The lowest BCUT2D eigenvalue weighted by molar-refractivity contribution is 0.0658. The van der Waals surface area contributed by atoms with E-state index in [-0.39, 0.29) is 5.56 Å². The summed E-state index contributed by atoms with van der Waals surface area (Å²) in [6.45, 7) is 1.41. The first-order chi connectivity index (χ1) is 8.70. The summed E-state index contributed by atoms with van der Waals surface area (Å²) >= 11 is 0. The maximum atomic E-state index is 13.6. The highest BCUT2D eigenvalue weighted by atomic mass is 19.1. The first kappa shape index (κ1) is 15.0. The largest absolute Gasteiger partial charge is 0.382 e. The Morgan fingerprint density at radius 3 is 2.39 bits per heavy atom. The number of ether oxygens (including phenoxy) is 2. The molecule has 0 saturated carbocycles. The molecule has 1 rings (SSSR count). The van der Waals surface area contributed by atoms with Crippen molar-refractivity contribution in [3.63, 3.8) is 0 Å². The molecular formula is C13H19F2NO2. The summed E-state index contributed by atoms with van der Waals surface area (Å²) in [5, 5.41) is 2.90. The van der Waals surface area contributed by atoms with Gasteiger partial charge in [0.1, 0.15) is 11.6 Å². The second kappa shape index (κ2) is 8.13. The van der Waals surface area contributed by atoms with E-state index in [0.29, 0.717) is 26.2 Å². The zero-order valence-corrected chi connectivity index (χ0v) is 10.7. The zero-order chi connectivity index (χ0) is 13.4. The highest BCUT2D eigenvalue weighted by Crippen LogP contribution is 2.22. The summed E-state index contributed by atoms with van der Waals surface area (Å²) in [7, 11) is 3.26. The quantitative estimate of drug-likeness (QED) is 0.726.